The molecule has 6 nitrogen and oxygen atoms in total. The summed E-state index contributed by atoms with van der Waals surface area (Å²) in [6.07, 6.45) is 3.43. The van der Waals surface area contributed by atoms with E-state index >= 15 is 0 Å². The zero-order valence-electron chi connectivity index (χ0n) is 11.6. The van der Waals surface area contributed by atoms with Gasteiger partial charge in [0, 0.05) is 31.1 Å². The van der Waals surface area contributed by atoms with Crippen LogP contribution >= 0.6 is 0 Å². The van der Waals surface area contributed by atoms with Crippen LogP contribution in [0.3, 0.4) is 0 Å². The van der Waals surface area contributed by atoms with E-state index < -0.39 is 0 Å². The third-order valence-electron chi connectivity index (χ3n) is 4.72. The Morgan fingerprint density at radius 1 is 1.30 bits per heavy atom. The van der Waals surface area contributed by atoms with Gasteiger partial charge in [0.25, 0.3) is 0 Å². The molecule has 3 aliphatic rings. The second-order valence-corrected chi connectivity index (χ2v) is 6.00. The Labute approximate surface area is 118 Å². The van der Waals surface area contributed by atoms with Crippen LogP contribution in [0.2, 0.25) is 0 Å². The van der Waals surface area contributed by atoms with E-state index in [1.54, 1.807) is 0 Å². The summed E-state index contributed by atoms with van der Waals surface area (Å²) in [6.45, 7) is 4.58. The van der Waals surface area contributed by atoms with Gasteiger partial charge in [0.1, 0.15) is 5.82 Å². The van der Waals surface area contributed by atoms with Crippen molar-refractivity contribution in [3.8, 4) is 0 Å². The molecule has 20 heavy (non-hydrogen) atoms. The van der Waals surface area contributed by atoms with Crippen molar-refractivity contribution in [3.05, 3.63) is 11.3 Å². The van der Waals surface area contributed by atoms with Crippen LogP contribution in [0.4, 0.5) is 11.8 Å². The van der Waals surface area contributed by atoms with Crippen LogP contribution in [0, 0.1) is 5.92 Å². The first-order chi connectivity index (χ1) is 9.81. The molecular weight excluding hydrogens is 254 g/mol. The van der Waals surface area contributed by atoms with Gasteiger partial charge in [-0.1, -0.05) is 0 Å². The molecule has 2 saturated heterocycles. The van der Waals surface area contributed by atoms with Gasteiger partial charge in [-0.2, -0.15) is 4.98 Å². The van der Waals surface area contributed by atoms with E-state index in [1.807, 2.05) is 0 Å². The molecular formula is C14H21N5O. The quantitative estimate of drug-likeness (QED) is 0.769. The second kappa shape index (κ2) is 4.86. The van der Waals surface area contributed by atoms with E-state index in [9.17, 15) is 0 Å². The Morgan fingerprint density at radius 3 is 3.15 bits per heavy atom. The lowest BCUT2D eigenvalue weighted by molar-refractivity contribution is 0.109. The van der Waals surface area contributed by atoms with Gasteiger partial charge in [0.05, 0.1) is 18.9 Å². The van der Waals surface area contributed by atoms with Gasteiger partial charge in [-0.05, 0) is 25.3 Å². The molecule has 0 amide bonds. The average Bonchev–Trinajstić information content (AvgIpc) is 2.90. The number of nitrogens with one attached hydrogen (secondary N) is 1. The Kier molecular flexibility index (Phi) is 3.00. The molecule has 4 rings (SSSR count). The van der Waals surface area contributed by atoms with Gasteiger partial charge in [-0.25, -0.2) is 4.98 Å². The van der Waals surface area contributed by atoms with Gasteiger partial charge in [0.15, 0.2) is 0 Å². The molecule has 0 radical (unpaired) electrons. The molecule has 0 spiro atoms. The molecule has 3 aliphatic heterocycles. The van der Waals surface area contributed by atoms with E-state index in [4.69, 9.17) is 10.5 Å². The predicted octanol–water partition coefficient (Wildman–Crippen LogP) is 0.320. The molecule has 0 aromatic carbocycles. The van der Waals surface area contributed by atoms with Gasteiger partial charge in [0.2, 0.25) is 5.95 Å². The lowest BCUT2D eigenvalue weighted by Gasteiger charge is -2.25. The number of hydrogen-bond acceptors (Lipinski definition) is 6. The zero-order chi connectivity index (χ0) is 13.5. The highest BCUT2D eigenvalue weighted by Gasteiger charge is 2.36. The lowest BCUT2D eigenvalue weighted by atomic mass is 9.94. The number of fused-ring (bicyclic) bond motifs is 2. The van der Waals surface area contributed by atoms with Crippen LogP contribution in [0.25, 0.3) is 0 Å². The fourth-order valence-electron chi connectivity index (χ4n) is 3.71. The van der Waals surface area contributed by atoms with Gasteiger partial charge in [-0.15, -0.1) is 0 Å². The van der Waals surface area contributed by atoms with Gasteiger partial charge in [-0.3, -0.25) is 0 Å². The highest BCUT2D eigenvalue weighted by Crippen LogP contribution is 2.32. The van der Waals surface area contributed by atoms with Gasteiger partial charge < -0.3 is 20.7 Å². The summed E-state index contributed by atoms with van der Waals surface area (Å²) < 4.78 is 5.59. The third kappa shape index (κ3) is 2.03. The minimum Gasteiger partial charge on any atom is -0.376 e. The number of nitrogens with two attached hydrogens (primary N) is 1. The maximum atomic E-state index is 5.89. The van der Waals surface area contributed by atoms with Crippen molar-refractivity contribution in [2.24, 2.45) is 5.92 Å². The number of rotatable bonds is 1. The second-order valence-electron chi connectivity index (χ2n) is 6.00. The largest absolute Gasteiger partial charge is 0.376 e. The maximum absolute atomic E-state index is 5.89. The van der Waals surface area contributed by atoms with Crippen molar-refractivity contribution in [1.29, 1.82) is 0 Å². The summed E-state index contributed by atoms with van der Waals surface area (Å²) in [6, 6.07) is 0.597. The Balaban J connectivity index is 1.66. The van der Waals surface area contributed by atoms with Crippen LogP contribution in [0.1, 0.15) is 24.1 Å². The van der Waals surface area contributed by atoms with Crippen molar-refractivity contribution in [2.45, 2.75) is 31.9 Å². The zero-order valence-corrected chi connectivity index (χ0v) is 11.6. The molecule has 108 valence electrons. The number of nitrogen functional groups attached to an aromatic ring is 1. The molecule has 3 N–H and O–H groups in total. The molecule has 1 aromatic heterocycles. The normalized spacial score (nSPS) is 29.1. The lowest BCUT2D eigenvalue weighted by Crippen LogP contribution is -2.40. The van der Waals surface area contributed by atoms with E-state index in [2.05, 4.69) is 20.2 Å². The highest BCUT2D eigenvalue weighted by atomic mass is 16.5. The van der Waals surface area contributed by atoms with Crippen LogP contribution in [0.15, 0.2) is 0 Å². The van der Waals surface area contributed by atoms with Gasteiger partial charge >= 0.3 is 0 Å². The Morgan fingerprint density at radius 2 is 2.25 bits per heavy atom. The van der Waals surface area contributed by atoms with Crippen molar-refractivity contribution in [1.82, 2.24) is 15.3 Å². The number of hydrogen-bond donors (Lipinski definition) is 2. The summed E-state index contributed by atoms with van der Waals surface area (Å²) in [4.78, 5) is 11.3. The van der Waals surface area contributed by atoms with Crippen LogP contribution in [-0.4, -0.2) is 42.3 Å². The van der Waals surface area contributed by atoms with Crippen LogP contribution in [0.5, 0.6) is 0 Å². The van der Waals surface area contributed by atoms with Crippen molar-refractivity contribution < 1.29 is 4.74 Å². The first-order valence-corrected chi connectivity index (χ1v) is 7.52. The standard InChI is InChI=1S/C14H21N5O/c15-14-17-11-3-5-20-8-10(11)13(18-14)19-6-9-2-1-4-16-12(9)7-19/h9,12,16H,1-8H2,(H2,15,17,18)/t9-,12+/m1/s1. The average molecular weight is 275 g/mol. The predicted molar refractivity (Wildman–Crippen MR) is 76.5 cm³/mol. The number of anilines is 2. The topological polar surface area (TPSA) is 76.3 Å². The van der Waals surface area contributed by atoms with E-state index in [0.29, 0.717) is 18.6 Å². The SMILES string of the molecule is Nc1nc2c(c(N3C[C@H]4CCCN[C@H]4C3)n1)COCC2. The number of aromatic nitrogens is 2. The summed E-state index contributed by atoms with van der Waals surface area (Å²) in [7, 11) is 0. The fraction of sp³-hybridized carbons (Fsp3) is 0.714. The smallest absolute Gasteiger partial charge is 0.222 e. The molecule has 1 aromatic rings. The van der Waals surface area contributed by atoms with Crippen molar-refractivity contribution in [2.75, 3.05) is 36.9 Å². The molecule has 2 atom stereocenters. The van der Waals surface area contributed by atoms with Crippen molar-refractivity contribution >= 4 is 11.8 Å². The number of piperidine rings is 1. The van der Waals surface area contributed by atoms with Crippen LogP contribution in [-0.2, 0) is 17.8 Å². The molecule has 0 aliphatic carbocycles. The molecule has 6 heteroatoms. The first kappa shape index (κ1) is 12.3. The summed E-state index contributed by atoms with van der Waals surface area (Å²) in [5.74, 6) is 2.13. The van der Waals surface area contributed by atoms with Crippen molar-refractivity contribution in [3.63, 3.8) is 0 Å². The Bertz CT molecular complexity index is 507. The number of nitrogens with zero attached hydrogens (tertiary/aromatic N) is 3. The monoisotopic (exact) mass is 275 g/mol. The minimum atomic E-state index is 0.392. The highest BCUT2D eigenvalue weighted by molar-refractivity contribution is 5.53. The van der Waals surface area contributed by atoms with Crippen LogP contribution < -0.4 is 16.0 Å². The Hall–Kier alpha value is -1.40. The van der Waals surface area contributed by atoms with E-state index in [-0.39, 0.29) is 0 Å². The molecule has 2 fully saturated rings. The number of ether oxygens (including phenoxy) is 1. The molecule has 0 unspecified atom stereocenters. The first-order valence-electron chi connectivity index (χ1n) is 7.52. The molecule has 4 heterocycles. The minimum absolute atomic E-state index is 0.392. The summed E-state index contributed by atoms with van der Waals surface area (Å²) in [5, 5.41) is 3.63. The van der Waals surface area contributed by atoms with E-state index in [1.165, 1.54) is 12.8 Å². The summed E-state index contributed by atoms with van der Waals surface area (Å²) in [5.41, 5.74) is 8.11. The molecule has 0 bridgehead atoms. The fourth-order valence-corrected chi connectivity index (χ4v) is 3.71. The molecule has 0 saturated carbocycles. The third-order valence-corrected chi connectivity index (χ3v) is 4.72. The maximum Gasteiger partial charge on any atom is 0.222 e. The summed E-state index contributed by atoms with van der Waals surface area (Å²) >= 11 is 0. The van der Waals surface area contributed by atoms with E-state index in [0.717, 1.165) is 55.7 Å².